The van der Waals surface area contributed by atoms with Gasteiger partial charge < -0.3 is 0 Å². The van der Waals surface area contributed by atoms with E-state index in [9.17, 15) is 4.89 Å². The van der Waals surface area contributed by atoms with Crippen LogP contribution in [0.4, 0.5) is 0 Å². The van der Waals surface area contributed by atoms with Gasteiger partial charge in [-0.2, -0.15) is 0 Å². The first kappa shape index (κ1) is 17.8. The molecule has 0 aliphatic rings. The van der Waals surface area contributed by atoms with Gasteiger partial charge in [0, 0.05) is 0 Å². The van der Waals surface area contributed by atoms with Crippen LogP contribution in [0.15, 0.2) is 91.0 Å². The van der Waals surface area contributed by atoms with E-state index < -0.39 is 6.83 Å². The van der Waals surface area contributed by atoms with Gasteiger partial charge in [-0.25, -0.2) is 0 Å². The molecule has 0 fully saturated rings. The SMILES string of the molecule is CCOCCP(O)(c1ccccc1)(c1ccccc1)c1ccccc1. The zero-order chi connectivity index (χ0) is 17.6. The molecule has 0 heterocycles. The number of benzene rings is 3. The predicted molar refractivity (Wildman–Crippen MR) is 109 cm³/mol. The normalized spacial score (nSPS) is 13.1. The first-order valence-corrected chi connectivity index (χ1v) is 11.1. The van der Waals surface area contributed by atoms with Gasteiger partial charge in [0.05, 0.1) is 0 Å². The molecular weight excluding hydrogens is 327 g/mol. The Labute approximate surface area is 150 Å². The quantitative estimate of drug-likeness (QED) is 0.521. The van der Waals surface area contributed by atoms with Crippen molar-refractivity contribution in [3.63, 3.8) is 0 Å². The third-order valence-electron chi connectivity index (χ3n) is 4.81. The molecule has 0 saturated heterocycles. The predicted octanol–water partition coefficient (Wildman–Crippen LogP) is 3.46. The van der Waals surface area contributed by atoms with Crippen LogP contribution in [0.3, 0.4) is 0 Å². The van der Waals surface area contributed by atoms with E-state index in [-0.39, 0.29) is 0 Å². The second kappa shape index (κ2) is 7.49. The fraction of sp³-hybridized carbons (Fsp3) is 0.182. The van der Waals surface area contributed by atoms with Gasteiger partial charge in [-0.1, -0.05) is 0 Å². The molecule has 2 nitrogen and oxygen atoms in total. The van der Waals surface area contributed by atoms with Crippen molar-refractivity contribution in [2.75, 3.05) is 19.4 Å². The van der Waals surface area contributed by atoms with Crippen molar-refractivity contribution in [2.45, 2.75) is 6.92 Å². The second-order valence-corrected chi connectivity index (χ2v) is 10.7. The van der Waals surface area contributed by atoms with Gasteiger partial charge in [0.15, 0.2) is 0 Å². The second-order valence-electron chi connectivity index (χ2n) is 6.18. The standard InChI is InChI=1S/C22H25O2P/c1-2-24-18-19-25(23,20-12-6-3-7-13-20,21-14-8-4-9-15-21)22-16-10-5-11-17-22/h3-17,23H,2,18-19H2,1H3. The van der Waals surface area contributed by atoms with E-state index in [1.807, 2.05) is 97.9 Å². The van der Waals surface area contributed by atoms with Gasteiger partial charge >= 0.3 is 150 Å². The van der Waals surface area contributed by atoms with E-state index >= 15 is 0 Å². The molecule has 3 aromatic carbocycles. The van der Waals surface area contributed by atoms with Crippen LogP contribution >= 0.6 is 6.83 Å². The molecule has 0 saturated carbocycles. The van der Waals surface area contributed by atoms with Gasteiger partial charge in [-0.3, -0.25) is 0 Å². The first-order chi connectivity index (χ1) is 12.2. The molecule has 0 atom stereocenters. The molecule has 0 bridgehead atoms. The number of hydrogen-bond donors (Lipinski definition) is 1. The Morgan fingerprint density at radius 1 is 0.680 bits per heavy atom. The van der Waals surface area contributed by atoms with Crippen molar-refractivity contribution in [1.82, 2.24) is 0 Å². The van der Waals surface area contributed by atoms with Crippen molar-refractivity contribution >= 4 is 22.7 Å². The minimum atomic E-state index is -3.60. The fourth-order valence-corrected chi connectivity index (χ4v) is 8.07. The molecule has 0 radical (unpaired) electrons. The van der Waals surface area contributed by atoms with E-state index in [1.54, 1.807) is 0 Å². The zero-order valence-electron chi connectivity index (χ0n) is 14.6. The zero-order valence-corrected chi connectivity index (χ0v) is 15.5. The van der Waals surface area contributed by atoms with Crippen LogP contribution < -0.4 is 15.9 Å². The van der Waals surface area contributed by atoms with E-state index in [0.717, 1.165) is 15.9 Å². The molecule has 0 spiro atoms. The molecule has 3 rings (SSSR count). The Morgan fingerprint density at radius 2 is 1.04 bits per heavy atom. The van der Waals surface area contributed by atoms with Gasteiger partial charge in [0.2, 0.25) is 0 Å². The summed E-state index contributed by atoms with van der Waals surface area (Å²) in [5, 5.41) is 2.93. The third-order valence-corrected chi connectivity index (χ3v) is 10.1. The maximum absolute atomic E-state index is 12.7. The van der Waals surface area contributed by atoms with E-state index in [2.05, 4.69) is 0 Å². The Kier molecular flexibility index (Phi) is 5.34. The van der Waals surface area contributed by atoms with Gasteiger partial charge in [-0.05, 0) is 0 Å². The van der Waals surface area contributed by atoms with E-state index in [1.165, 1.54) is 0 Å². The number of ether oxygens (including phenoxy) is 1. The summed E-state index contributed by atoms with van der Waals surface area (Å²) in [6, 6.07) is 30.2. The number of hydrogen-bond acceptors (Lipinski definition) is 2. The molecule has 0 aliphatic carbocycles. The van der Waals surface area contributed by atoms with E-state index in [4.69, 9.17) is 4.74 Å². The van der Waals surface area contributed by atoms with Crippen LogP contribution in [0.1, 0.15) is 6.92 Å². The molecular formula is C22H25O2P. The molecule has 0 amide bonds. The van der Waals surface area contributed by atoms with Crippen LogP contribution in [0, 0.1) is 0 Å². The minimum absolute atomic E-state index is 0.517. The molecule has 0 aromatic heterocycles. The molecule has 1 N–H and O–H groups in total. The summed E-state index contributed by atoms with van der Waals surface area (Å²) >= 11 is 0. The molecule has 130 valence electrons. The molecule has 25 heavy (non-hydrogen) atoms. The molecule has 0 aliphatic heterocycles. The summed E-state index contributed by atoms with van der Waals surface area (Å²) in [7, 11) is 0. The van der Waals surface area contributed by atoms with Crippen LogP contribution in [0.2, 0.25) is 0 Å². The molecule has 0 unspecified atom stereocenters. The summed E-state index contributed by atoms with van der Waals surface area (Å²) in [4.78, 5) is 12.7. The Hall–Kier alpha value is -1.99. The Morgan fingerprint density at radius 3 is 1.36 bits per heavy atom. The summed E-state index contributed by atoms with van der Waals surface area (Å²) in [5.41, 5.74) is 0. The number of rotatable bonds is 7. The summed E-state index contributed by atoms with van der Waals surface area (Å²) in [5.74, 6) is 0. The molecule has 3 heteroatoms. The Balaban J connectivity index is 2.32. The van der Waals surface area contributed by atoms with Gasteiger partial charge in [0.1, 0.15) is 0 Å². The van der Waals surface area contributed by atoms with Crippen LogP contribution in [0.25, 0.3) is 0 Å². The average Bonchev–Trinajstić information content (AvgIpc) is 2.70. The van der Waals surface area contributed by atoms with Crippen molar-refractivity contribution < 1.29 is 9.63 Å². The van der Waals surface area contributed by atoms with Crippen LogP contribution in [-0.4, -0.2) is 24.3 Å². The van der Waals surface area contributed by atoms with Gasteiger partial charge in [0.25, 0.3) is 0 Å². The van der Waals surface area contributed by atoms with Crippen molar-refractivity contribution in [1.29, 1.82) is 0 Å². The van der Waals surface area contributed by atoms with E-state index in [0.29, 0.717) is 19.4 Å². The topological polar surface area (TPSA) is 29.5 Å². The van der Waals surface area contributed by atoms with Crippen molar-refractivity contribution in [2.24, 2.45) is 0 Å². The average molecular weight is 352 g/mol. The third kappa shape index (κ3) is 3.14. The van der Waals surface area contributed by atoms with Crippen molar-refractivity contribution in [3.05, 3.63) is 91.0 Å². The monoisotopic (exact) mass is 352 g/mol. The Bertz CT molecular complexity index is 689. The van der Waals surface area contributed by atoms with Crippen LogP contribution in [0.5, 0.6) is 0 Å². The summed E-state index contributed by atoms with van der Waals surface area (Å²) in [6.07, 6.45) is 0.567. The van der Waals surface area contributed by atoms with Crippen LogP contribution in [-0.2, 0) is 4.74 Å². The fourth-order valence-electron chi connectivity index (χ4n) is 3.47. The van der Waals surface area contributed by atoms with Crippen molar-refractivity contribution in [3.8, 4) is 0 Å². The summed E-state index contributed by atoms with van der Waals surface area (Å²) in [6.45, 7) is -0.448. The van der Waals surface area contributed by atoms with Gasteiger partial charge in [-0.15, -0.1) is 0 Å². The first-order valence-electron chi connectivity index (χ1n) is 8.70. The summed E-state index contributed by atoms with van der Waals surface area (Å²) < 4.78 is 5.69. The maximum atomic E-state index is 12.7. The molecule has 3 aromatic rings.